The molecule has 29 heavy (non-hydrogen) atoms. The highest BCUT2D eigenvalue weighted by molar-refractivity contribution is 7.13. The summed E-state index contributed by atoms with van der Waals surface area (Å²) in [5.74, 6) is -0.205. The molecule has 1 amide bonds. The molecule has 0 saturated carbocycles. The number of rotatable bonds is 4. The van der Waals surface area contributed by atoms with E-state index in [1.807, 2.05) is 65.5 Å². The molecule has 0 bridgehead atoms. The summed E-state index contributed by atoms with van der Waals surface area (Å²) in [5, 5.41) is 11.1. The van der Waals surface area contributed by atoms with Crippen LogP contribution in [0.1, 0.15) is 17.3 Å². The summed E-state index contributed by atoms with van der Waals surface area (Å²) in [6, 6.07) is 15.4. The SMILES string of the molecule is CCn1ncc2c(C(=O)Nc3cccc4cccnc34)cc(-c3cccs3)nc21. The van der Waals surface area contributed by atoms with Gasteiger partial charge in [0.05, 0.1) is 38.9 Å². The summed E-state index contributed by atoms with van der Waals surface area (Å²) in [7, 11) is 0. The molecule has 6 nitrogen and oxygen atoms in total. The summed E-state index contributed by atoms with van der Waals surface area (Å²) in [5.41, 5.74) is 3.46. The summed E-state index contributed by atoms with van der Waals surface area (Å²) >= 11 is 1.59. The molecule has 0 aliphatic heterocycles. The Hall–Kier alpha value is -3.58. The first-order chi connectivity index (χ1) is 14.2. The topological polar surface area (TPSA) is 72.7 Å². The average molecular weight is 399 g/mol. The van der Waals surface area contributed by atoms with Crippen LogP contribution in [0.15, 0.2) is 66.3 Å². The molecule has 0 aliphatic carbocycles. The Labute approximate surface area is 170 Å². The standard InChI is InChI=1S/C22H17N5OS/c1-2-27-21-16(13-24-27)15(12-18(25-21)19-9-5-11-29-19)22(28)26-17-8-3-6-14-7-4-10-23-20(14)17/h3-13H,2H2,1H3,(H,26,28). The maximum absolute atomic E-state index is 13.3. The molecule has 4 aromatic heterocycles. The van der Waals surface area contributed by atoms with E-state index in [1.54, 1.807) is 23.7 Å². The molecular weight excluding hydrogens is 382 g/mol. The van der Waals surface area contributed by atoms with Crippen molar-refractivity contribution in [3.8, 4) is 10.6 Å². The highest BCUT2D eigenvalue weighted by atomic mass is 32.1. The van der Waals surface area contributed by atoms with E-state index in [4.69, 9.17) is 4.98 Å². The van der Waals surface area contributed by atoms with Gasteiger partial charge >= 0.3 is 0 Å². The highest BCUT2D eigenvalue weighted by Crippen LogP contribution is 2.29. The number of hydrogen-bond donors (Lipinski definition) is 1. The van der Waals surface area contributed by atoms with E-state index in [2.05, 4.69) is 15.4 Å². The van der Waals surface area contributed by atoms with Gasteiger partial charge in [-0.1, -0.05) is 24.3 Å². The Morgan fingerprint density at radius 3 is 2.90 bits per heavy atom. The molecule has 5 aromatic rings. The number of carbonyl (C=O) groups is 1. The number of hydrogen-bond acceptors (Lipinski definition) is 5. The second-order valence-corrected chi connectivity index (χ2v) is 7.51. The molecule has 7 heteroatoms. The van der Waals surface area contributed by atoms with E-state index in [-0.39, 0.29) is 5.91 Å². The number of anilines is 1. The minimum absolute atomic E-state index is 0.205. The molecule has 1 N–H and O–H groups in total. The van der Waals surface area contributed by atoms with Gasteiger partial charge in [-0.15, -0.1) is 11.3 Å². The van der Waals surface area contributed by atoms with Gasteiger partial charge in [0.1, 0.15) is 0 Å². The molecule has 0 unspecified atom stereocenters. The van der Waals surface area contributed by atoms with E-state index >= 15 is 0 Å². The Kier molecular flexibility index (Phi) is 4.29. The molecule has 142 valence electrons. The third-order valence-corrected chi connectivity index (χ3v) is 5.70. The van der Waals surface area contributed by atoms with Gasteiger partial charge in [0.25, 0.3) is 5.91 Å². The fourth-order valence-electron chi connectivity index (χ4n) is 3.41. The molecule has 0 radical (unpaired) electrons. The monoisotopic (exact) mass is 399 g/mol. The number of fused-ring (bicyclic) bond motifs is 2. The predicted molar refractivity (Wildman–Crippen MR) is 116 cm³/mol. The van der Waals surface area contributed by atoms with Crippen LogP contribution in [0.25, 0.3) is 32.5 Å². The third-order valence-electron chi connectivity index (χ3n) is 4.81. The minimum atomic E-state index is -0.205. The Morgan fingerprint density at radius 1 is 1.17 bits per heavy atom. The van der Waals surface area contributed by atoms with Gasteiger partial charge in [0.2, 0.25) is 0 Å². The lowest BCUT2D eigenvalue weighted by atomic mass is 10.1. The van der Waals surface area contributed by atoms with Crippen molar-refractivity contribution in [2.75, 3.05) is 5.32 Å². The zero-order chi connectivity index (χ0) is 19.8. The normalized spacial score (nSPS) is 11.2. The molecular formula is C22H17N5OS. The number of para-hydroxylation sites is 1. The van der Waals surface area contributed by atoms with Crippen LogP contribution in [-0.2, 0) is 6.54 Å². The number of carbonyl (C=O) groups excluding carboxylic acids is 1. The number of amides is 1. The minimum Gasteiger partial charge on any atom is -0.320 e. The van der Waals surface area contributed by atoms with Crippen LogP contribution in [0.5, 0.6) is 0 Å². The van der Waals surface area contributed by atoms with Crippen molar-refractivity contribution in [3.63, 3.8) is 0 Å². The fourth-order valence-corrected chi connectivity index (χ4v) is 4.10. The highest BCUT2D eigenvalue weighted by Gasteiger charge is 2.18. The van der Waals surface area contributed by atoms with Gasteiger partial charge in [-0.2, -0.15) is 5.10 Å². The third kappa shape index (κ3) is 3.05. The zero-order valence-corrected chi connectivity index (χ0v) is 16.5. The van der Waals surface area contributed by atoms with E-state index in [0.717, 1.165) is 26.9 Å². The van der Waals surface area contributed by atoms with E-state index in [9.17, 15) is 4.79 Å². The average Bonchev–Trinajstić information content (AvgIpc) is 3.43. The number of thiophene rings is 1. The first-order valence-corrected chi connectivity index (χ1v) is 10.2. The first kappa shape index (κ1) is 17.5. The predicted octanol–water partition coefficient (Wildman–Crippen LogP) is 4.98. The molecule has 4 heterocycles. The Balaban J connectivity index is 1.63. The van der Waals surface area contributed by atoms with Gasteiger partial charge < -0.3 is 5.32 Å². The number of benzene rings is 1. The van der Waals surface area contributed by atoms with Gasteiger partial charge in [-0.3, -0.25) is 9.78 Å². The number of nitrogens with zero attached hydrogens (tertiary/aromatic N) is 4. The maximum Gasteiger partial charge on any atom is 0.256 e. The zero-order valence-electron chi connectivity index (χ0n) is 15.7. The van der Waals surface area contributed by atoms with Crippen LogP contribution >= 0.6 is 11.3 Å². The first-order valence-electron chi connectivity index (χ1n) is 9.30. The summed E-state index contributed by atoms with van der Waals surface area (Å²) in [6.45, 7) is 2.69. The van der Waals surface area contributed by atoms with Crippen molar-refractivity contribution in [2.45, 2.75) is 13.5 Å². The molecule has 0 saturated heterocycles. The number of aromatic nitrogens is 4. The van der Waals surface area contributed by atoms with Crippen LogP contribution in [0.2, 0.25) is 0 Å². The molecule has 0 atom stereocenters. The lowest BCUT2D eigenvalue weighted by Gasteiger charge is -2.10. The molecule has 1 aromatic carbocycles. The van der Waals surface area contributed by atoms with Crippen LogP contribution < -0.4 is 5.32 Å². The largest absolute Gasteiger partial charge is 0.320 e. The summed E-state index contributed by atoms with van der Waals surface area (Å²) in [4.78, 5) is 23.5. The van der Waals surface area contributed by atoms with E-state index < -0.39 is 0 Å². The maximum atomic E-state index is 13.3. The Bertz CT molecular complexity index is 1340. The molecule has 0 aliphatic rings. The van der Waals surface area contributed by atoms with Gasteiger partial charge in [-0.05, 0) is 36.6 Å². The molecule has 5 rings (SSSR count). The molecule has 0 spiro atoms. The van der Waals surface area contributed by atoms with Crippen molar-refractivity contribution in [1.29, 1.82) is 0 Å². The second kappa shape index (κ2) is 7.10. The van der Waals surface area contributed by atoms with Crippen LogP contribution in [0, 0.1) is 0 Å². The quantitative estimate of drug-likeness (QED) is 0.463. The number of aryl methyl sites for hydroxylation is 1. The van der Waals surface area contributed by atoms with Crippen LogP contribution in [0.4, 0.5) is 5.69 Å². The number of nitrogens with one attached hydrogen (secondary N) is 1. The second-order valence-electron chi connectivity index (χ2n) is 6.56. The van der Waals surface area contributed by atoms with Crippen molar-refractivity contribution in [3.05, 3.63) is 71.9 Å². The van der Waals surface area contributed by atoms with Crippen molar-refractivity contribution in [1.82, 2.24) is 19.7 Å². The van der Waals surface area contributed by atoms with Gasteiger partial charge in [0, 0.05) is 18.1 Å². The van der Waals surface area contributed by atoms with Crippen LogP contribution in [0.3, 0.4) is 0 Å². The van der Waals surface area contributed by atoms with Crippen molar-refractivity contribution < 1.29 is 4.79 Å². The van der Waals surface area contributed by atoms with Crippen molar-refractivity contribution >= 4 is 44.9 Å². The lowest BCUT2D eigenvalue weighted by molar-refractivity contribution is 0.102. The smallest absolute Gasteiger partial charge is 0.256 e. The summed E-state index contributed by atoms with van der Waals surface area (Å²) in [6.07, 6.45) is 3.43. The Morgan fingerprint density at radius 2 is 2.07 bits per heavy atom. The number of pyridine rings is 2. The fraction of sp³-hybridized carbons (Fsp3) is 0.0909. The van der Waals surface area contributed by atoms with Gasteiger partial charge in [-0.25, -0.2) is 9.67 Å². The van der Waals surface area contributed by atoms with E-state index in [0.29, 0.717) is 23.4 Å². The summed E-state index contributed by atoms with van der Waals surface area (Å²) < 4.78 is 1.81. The van der Waals surface area contributed by atoms with E-state index in [1.165, 1.54) is 0 Å². The van der Waals surface area contributed by atoms with Gasteiger partial charge in [0.15, 0.2) is 5.65 Å². The van der Waals surface area contributed by atoms with Crippen molar-refractivity contribution in [2.24, 2.45) is 0 Å². The molecule has 0 fully saturated rings. The van der Waals surface area contributed by atoms with Crippen LogP contribution in [-0.4, -0.2) is 25.7 Å². The lowest BCUT2D eigenvalue weighted by Crippen LogP contribution is -2.13.